The fraction of sp³-hybridized carbons (Fsp3) is 0.368. The van der Waals surface area contributed by atoms with Gasteiger partial charge in [-0.05, 0) is 26.0 Å². The molecule has 4 rings (SSSR count). The van der Waals surface area contributed by atoms with E-state index in [1.54, 1.807) is 12.4 Å². The van der Waals surface area contributed by atoms with Crippen molar-refractivity contribution in [2.24, 2.45) is 0 Å². The summed E-state index contributed by atoms with van der Waals surface area (Å²) in [7, 11) is 0. The van der Waals surface area contributed by atoms with Crippen LogP contribution in [-0.2, 0) is 4.79 Å². The molecule has 3 aromatic heterocycles. The fourth-order valence-electron chi connectivity index (χ4n) is 3.19. The van der Waals surface area contributed by atoms with Gasteiger partial charge in [0, 0.05) is 43.4 Å². The molecule has 3 aromatic rings. The van der Waals surface area contributed by atoms with E-state index in [9.17, 15) is 4.79 Å². The molecule has 1 aliphatic rings. The summed E-state index contributed by atoms with van der Waals surface area (Å²) in [4.78, 5) is 28.1. The van der Waals surface area contributed by atoms with Crippen LogP contribution in [0.5, 0.6) is 0 Å². The second-order valence-electron chi connectivity index (χ2n) is 6.84. The van der Waals surface area contributed by atoms with Crippen molar-refractivity contribution >= 4 is 23.1 Å². The normalized spacial score (nSPS) is 17.6. The van der Waals surface area contributed by atoms with Gasteiger partial charge < -0.3 is 15.1 Å². The van der Waals surface area contributed by atoms with Crippen LogP contribution in [0.2, 0.25) is 0 Å². The van der Waals surface area contributed by atoms with Gasteiger partial charge >= 0.3 is 0 Å². The van der Waals surface area contributed by atoms with E-state index in [0.717, 1.165) is 30.4 Å². The summed E-state index contributed by atoms with van der Waals surface area (Å²) in [5.41, 5.74) is 0.698. The maximum atomic E-state index is 12.7. The van der Waals surface area contributed by atoms with Gasteiger partial charge in [0.15, 0.2) is 11.6 Å². The lowest BCUT2D eigenvalue weighted by Crippen LogP contribution is -2.51. The SMILES string of the molecule is Cc1ccc(-c2ncc(-c3nccs3)c(NC(=O)CN3CCNC(C)C3)n2)o1. The average Bonchev–Trinajstić information content (AvgIpc) is 3.33. The van der Waals surface area contributed by atoms with Crippen molar-refractivity contribution in [3.8, 4) is 22.2 Å². The van der Waals surface area contributed by atoms with Crippen molar-refractivity contribution in [1.82, 2.24) is 25.2 Å². The Kier molecular flexibility index (Phi) is 5.47. The van der Waals surface area contributed by atoms with Gasteiger partial charge in [0.05, 0.1) is 12.1 Å². The number of thiazole rings is 1. The Balaban J connectivity index is 1.58. The minimum atomic E-state index is -0.104. The van der Waals surface area contributed by atoms with Gasteiger partial charge in [0.1, 0.15) is 16.6 Å². The molecule has 0 radical (unpaired) electrons. The van der Waals surface area contributed by atoms with Crippen LogP contribution in [0.15, 0.2) is 34.3 Å². The van der Waals surface area contributed by atoms with Crippen LogP contribution in [0.4, 0.5) is 5.82 Å². The molecule has 9 heteroatoms. The molecular formula is C19H22N6O2S. The Labute approximate surface area is 167 Å². The lowest BCUT2D eigenvalue weighted by atomic mass is 10.2. The number of nitrogens with zero attached hydrogens (tertiary/aromatic N) is 4. The zero-order chi connectivity index (χ0) is 19.5. The number of amides is 1. The molecule has 1 aliphatic heterocycles. The first-order valence-corrected chi connectivity index (χ1v) is 10.1. The van der Waals surface area contributed by atoms with Crippen LogP contribution in [0, 0.1) is 6.92 Å². The van der Waals surface area contributed by atoms with Crippen molar-refractivity contribution in [2.75, 3.05) is 31.5 Å². The van der Waals surface area contributed by atoms with Gasteiger partial charge in [-0.1, -0.05) is 0 Å². The molecule has 1 amide bonds. The number of hydrogen-bond acceptors (Lipinski definition) is 8. The smallest absolute Gasteiger partial charge is 0.239 e. The Morgan fingerprint density at radius 3 is 3.04 bits per heavy atom. The summed E-state index contributed by atoms with van der Waals surface area (Å²) in [6, 6.07) is 4.05. The highest BCUT2D eigenvalue weighted by molar-refractivity contribution is 7.13. The molecule has 1 unspecified atom stereocenters. The number of anilines is 1. The summed E-state index contributed by atoms with van der Waals surface area (Å²) in [5.74, 6) is 2.12. The maximum Gasteiger partial charge on any atom is 0.239 e. The van der Waals surface area contributed by atoms with E-state index in [0.29, 0.717) is 35.6 Å². The lowest BCUT2D eigenvalue weighted by molar-refractivity contribution is -0.117. The van der Waals surface area contributed by atoms with E-state index >= 15 is 0 Å². The molecule has 0 aliphatic carbocycles. The Morgan fingerprint density at radius 1 is 1.43 bits per heavy atom. The molecule has 0 saturated carbocycles. The standard InChI is InChI=1S/C19H22N6O2S/c1-12-10-25(7-5-20-12)11-16(26)23-17-14(19-21-6-8-28-19)9-22-18(24-17)15-4-3-13(2)27-15/h3-4,6,8-9,12,20H,5,7,10-11H2,1-2H3,(H,22,23,24,26). The van der Waals surface area contributed by atoms with E-state index in [-0.39, 0.29) is 5.91 Å². The third kappa shape index (κ3) is 4.27. The van der Waals surface area contributed by atoms with Gasteiger partial charge in [0.25, 0.3) is 0 Å². The predicted octanol–water partition coefficient (Wildman–Crippen LogP) is 2.40. The number of aromatic nitrogens is 3. The van der Waals surface area contributed by atoms with E-state index in [1.807, 2.05) is 24.4 Å². The lowest BCUT2D eigenvalue weighted by Gasteiger charge is -2.31. The van der Waals surface area contributed by atoms with Crippen molar-refractivity contribution < 1.29 is 9.21 Å². The van der Waals surface area contributed by atoms with Crippen LogP contribution in [-0.4, -0.2) is 58.0 Å². The van der Waals surface area contributed by atoms with Crippen molar-refractivity contribution in [3.05, 3.63) is 35.7 Å². The summed E-state index contributed by atoms with van der Waals surface area (Å²) < 4.78 is 5.63. The van der Waals surface area contributed by atoms with Crippen LogP contribution in [0.25, 0.3) is 22.2 Å². The first kappa shape index (κ1) is 18.7. The molecule has 0 bridgehead atoms. The highest BCUT2D eigenvalue weighted by Crippen LogP contribution is 2.30. The maximum absolute atomic E-state index is 12.7. The zero-order valence-electron chi connectivity index (χ0n) is 15.8. The molecule has 1 fully saturated rings. The molecule has 146 valence electrons. The molecule has 4 heterocycles. The van der Waals surface area contributed by atoms with E-state index in [4.69, 9.17) is 4.42 Å². The molecular weight excluding hydrogens is 376 g/mol. The number of piperazine rings is 1. The second kappa shape index (κ2) is 8.17. The predicted molar refractivity (Wildman–Crippen MR) is 108 cm³/mol. The highest BCUT2D eigenvalue weighted by Gasteiger charge is 2.20. The Morgan fingerprint density at radius 2 is 2.32 bits per heavy atom. The van der Waals surface area contributed by atoms with E-state index in [1.165, 1.54) is 11.3 Å². The number of carbonyl (C=O) groups is 1. The summed E-state index contributed by atoms with van der Waals surface area (Å²) in [5, 5.41) is 8.97. The van der Waals surface area contributed by atoms with Gasteiger partial charge in [0.2, 0.25) is 5.91 Å². The van der Waals surface area contributed by atoms with Crippen LogP contribution in [0.1, 0.15) is 12.7 Å². The van der Waals surface area contributed by atoms with Crippen molar-refractivity contribution in [2.45, 2.75) is 19.9 Å². The number of carbonyl (C=O) groups excluding carboxylic acids is 1. The van der Waals surface area contributed by atoms with Gasteiger partial charge in [-0.15, -0.1) is 11.3 Å². The minimum Gasteiger partial charge on any atom is -0.458 e. The summed E-state index contributed by atoms with van der Waals surface area (Å²) >= 11 is 1.47. The number of aryl methyl sites for hydroxylation is 1. The van der Waals surface area contributed by atoms with Crippen LogP contribution >= 0.6 is 11.3 Å². The van der Waals surface area contributed by atoms with E-state index in [2.05, 4.69) is 37.4 Å². The molecule has 2 N–H and O–H groups in total. The number of nitrogens with one attached hydrogen (secondary N) is 2. The summed E-state index contributed by atoms with van der Waals surface area (Å²) in [6.07, 6.45) is 3.40. The first-order chi connectivity index (χ1) is 13.6. The van der Waals surface area contributed by atoms with Crippen molar-refractivity contribution in [1.29, 1.82) is 0 Å². The molecule has 8 nitrogen and oxygen atoms in total. The van der Waals surface area contributed by atoms with Gasteiger partial charge in [-0.3, -0.25) is 9.69 Å². The van der Waals surface area contributed by atoms with E-state index < -0.39 is 0 Å². The zero-order valence-corrected chi connectivity index (χ0v) is 16.6. The molecule has 0 spiro atoms. The molecule has 1 atom stereocenters. The highest BCUT2D eigenvalue weighted by atomic mass is 32.1. The second-order valence-corrected chi connectivity index (χ2v) is 7.74. The van der Waals surface area contributed by atoms with Crippen molar-refractivity contribution in [3.63, 3.8) is 0 Å². The Bertz CT molecular complexity index is 955. The van der Waals surface area contributed by atoms with Crippen LogP contribution in [0.3, 0.4) is 0 Å². The monoisotopic (exact) mass is 398 g/mol. The first-order valence-electron chi connectivity index (χ1n) is 9.18. The average molecular weight is 398 g/mol. The number of rotatable bonds is 5. The van der Waals surface area contributed by atoms with Gasteiger partial charge in [-0.2, -0.15) is 0 Å². The quantitative estimate of drug-likeness (QED) is 0.681. The minimum absolute atomic E-state index is 0.104. The Hall–Kier alpha value is -2.62. The van der Waals surface area contributed by atoms with Gasteiger partial charge in [-0.25, -0.2) is 15.0 Å². The molecule has 1 saturated heterocycles. The third-order valence-corrected chi connectivity index (χ3v) is 5.30. The third-order valence-electron chi connectivity index (χ3n) is 4.49. The molecule has 28 heavy (non-hydrogen) atoms. The molecule has 0 aromatic carbocycles. The number of furan rings is 1. The number of hydrogen-bond donors (Lipinski definition) is 2. The topological polar surface area (TPSA) is 96.2 Å². The largest absolute Gasteiger partial charge is 0.458 e. The van der Waals surface area contributed by atoms with Crippen LogP contribution < -0.4 is 10.6 Å². The fourth-order valence-corrected chi connectivity index (χ4v) is 3.84. The summed E-state index contributed by atoms with van der Waals surface area (Å²) in [6.45, 7) is 6.87.